The van der Waals surface area contributed by atoms with Crippen LogP contribution in [-0.4, -0.2) is 15.8 Å². The molecule has 12 heavy (non-hydrogen) atoms. The topological polar surface area (TPSA) is 52.0 Å². The minimum absolute atomic E-state index is 0.160. The van der Waals surface area contributed by atoms with Crippen LogP contribution in [0, 0.1) is 0 Å². The van der Waals surface area contributed by atoms with Crippen molar-refractivity contribution in [1.29, 1.82) is 0 Å². The van der Waals surface area contributed by atoms with Crippen molar-refractivity contribution < 1.29 is 4.79 Å². The molecule has 1 aromatic heterocycles. The summed E-state index contributed by atoms with van der Waals surface area (Å²) in [7, 11) is 0. The van der Waals surface area contributed by atoms with Gasteiger partial charge < -0.3 is 4.79 Å². The Bertz CT molecular complexity index is 334. The molecular weight excluding hydrogens is 224 g/mol. The van der Waals surface area contributed by atoms with E-state index in [1.54, 1.807) is 0 Å². The van der Waals surface area contributed by atoms with E-state index in [2.05, 4.69) is 20.9 Å². The van der Waals surface area contributed by atoms with Crippen molar-refractivity contribution in [3.05, 3.63) is 27.4 Å². The summed E-state index contributed by atoms with van der Waals surface area (Å²) in [5.74, 6) is 0. The molecule has 1 rings (SSSR count). The van der Waals surface area contributed by atoms with E-state index < -0.39 is 0 Å². The van der Waals surface area contributed by atoms with Gasteiger partial charge in [0.15, 0.2) is 0 Å². The van der Waals surface area contributed by atoms with Gasteiger partial charge in [0.25, 0.3) is 5.56 Å². The summed E-state index contributed by atoms with van der Waals surface area (Å²) in [6, 6.07) is 0. The maximum Gasteiger partial charge on any atom is 0.267 e. The third kappa shape index (κ3) is 2.01. The highest BCUT2D eigenvalue weighted by atomic mass is 79.9. The third-order valence-corrected chi connectivity index (χ3v) is 1.89. The summed E-state index contributed by atoms with van der Waals surface area (Å²) in [5, 5.41) is 0. The molecule has 0 bridgehead atoms. The number of rotatable bonds is 3. The van der Waals surface area contributed by atoms with Crippen molar-refractivity contribution in [2.45, 2.75) is 13.0 Å². The lowest BCUT2D eigenvalue weighted by Gasteiger charge is -2.00. The van der Waals surface area contributed by atoms with E-state index in [1.165, 1.54) is 17.1 Å². The fourth-order valence-electron chi connectivity index (χ4n) is 0.775. The van der Waals surface area contributed by atoms with Gasteiger partial charge in [0.2, 0.25) is 0 Å². The average molecular weight is 231 g/mol. The molecule has 0 atom stereocenters. The van der Waals surface area contributed by atoms with Gasteiger partial charge in [-0.05, 0) is 15.9 Å². The van der Waals surface area contributed by atoms with E-state index in [0.29, 0.717) is 17.4 Å². The summed E-state index contributed by atoms with van der Waals surface area (Å²) in [4.78, 5) is 25.1. The number of carbonyl (C=O) groups is 1. The van der Waals surface area contributed by atoms with E-state index >= 15 is 0 Å². The molecule has 1 heterocycles. The SMILES string of the molecule is O=CCCn1cncc(Br)c1=O. The normalized spacial score (nSPS) is 9.75. The molecule has 0 aliphatic rings. The molecule has 1 aromatic rings. The van der Waals surface area contributed by atoms with Crippen molar-refractivity contribution in [2.24, 2.45) is 0 Å². The smallest absolute Gasteiger partial charge is 0.267 e. The first kappa shape index (κ1) is 9.12. The van der Waals surface area contributed by atoms with Gasteiger partial charge in [0, 0.05) is 19.2 Å². The fourth-order valence-corrected chi connectivity index (χ4v) is 1.12. The number of aromatic nitrogens is 2. The number of nitrogens with zero attached hydrogens (tertiary/aromatic N) is 2. The van der Waals surface area contributed by atoms with E-state index in [0.717, 1.165) is 6.29 Å². The van der Waals surface area contributed by atoms with Gasteiger partial charge in [-0.1, -0.05) is 0 Å². The summed E-state index contributed by atoms with van der Waals surface area (Å²) in [5.41, 5.74) is -0.160. The van der Waals surface area contributed by atoms with Crippen LogP contribution in [0.4, 0.5) is 0 Å². The number of hydrogen-bond donors (Lipinski definition) is 0. The second-order valence-electron chi connectivity index (χ2n) is 2.20. The molecule has 64 valence electrons. The fraction of sp³-hybridized carbons (Fsp3) is 0.286. The summed E-state index contributed by atoms with van der Waals surface area (Å²) in [6.07, 6.45) is 3.95. The molecular formula is C7H7BrN2O2. The molecule has 4 nitrogen and oxygen atoms in total. The van der Waals surface area contributed by atoms with Crippen LogP contribution < -0.4 is 5.56 Å². The van der Waals surface area contributed by atoms with E-state index in [-0.39, 0.29) is 5.56 Å². The molecule has 5 heteroatoms. The largest absolute Gasteiger partial charge is 0.303 e. The third-order valence-electron chi connectivity index (χ3n) is 1.35. The minimum Gasteiger partial charge on any atom is -0.303 e. The highest BCUT2D eigenvalue weighted by Gasteiger charge is 1.98. The second kappa shape index (κ2) is 4.15. The lowest BCUT2D eigenvalue weighted by Crippen LogP contribution is -2.20. The van der Waals surface area contributed by atoms with Gasteiger partial charge in [-0.2, -0.15) is 0 Å². The summed E-state index contributed by atoms with van der Waals surface area (Å²) < 4.78 is 1.80. The Kier molecular flexibility index (Phi) is 3.16. The number of aldehydes is 1. The van der Waals surface area contributed by atoms with Crippen LogP contribution in [-0.2, 0) is 11.3 Å². The number of hydrogen-bond acceptors (Lipinski definition) is 3. The first-order chi connectivity index (χ1) is 5.75. The Balaban J connectivity index is 2.92. The molecule has 0 aromatic carbocycles. The van der Waals surface area contributed by atoms with E-state index in [9.17, 15) is 9.59 Å². The summed E-state index contributed by atoms with van der Waals surface area (Å²) in [6.45, 7) is 0.384. The van der Waals surface area contributed by atoms with Gasteiger partial charge in [-0.3, -0.25) is 9.36 Å². The Morgan fingerprint density at radius 2 is 2.42 bits per heavy atom. The Morgan fingerprint density at radius 3 is 3.08 bits per heavy atom. The maximum absolute atomic E-state index is 11.2. The molecule has 0 aliphatic heterocycles. The molecule has 0 aliphatic carbocycles. The van der Waals surface area contributed by atoms with Crippen molar-refractivity contribution >= 4 is 22.2 Å². The zero-order chi connectivity index (χ0) is 8.97. The van der Waals surface area contributed by atoms with Crippen LogP contribution in [0.15, 0.2) is 21.8 Å². The van der Waals surface area contributed by atoms with Crippen LogP contribution in [0.1, 0.15) is 6.42 Å². The van der Waals surface area contributed by atoms with Crippen LogP contribution in [0.2, 0.25) is 0 Å². The Labute approximate surface area is 77.4 Å². The zero-order valence-electron chi connectivity index (χ0n) is 6.24. The van der Waals surface area contributed by atoms with Gasteiger partial charge >= 0.3 is 0 Å². The molecule has 0 saturated carbocycles. The van der Waals surface area contributed by atoms with E-state index in [4.69, 9.17) is 0 Å². The average Bonchev–Trinajstić information content (AvgIpc) is 2.08. The number of carbonyl (C=O) groups excluding carboxylic acids is 1. The Hall–Kier alpha value is -0.970. The second-order valence-corrected chi connectivity index (χ2v) is 3.05. The number of halogens is 1. The van der Waals surface area contributed by atoms with Crippen molar-refractivity contribution in [2.75, 3.05) is 0 Å². The van der Waals surface area contributed by atoms with E-state index in [1.807, 2.05) is 0 Å². The predicted octanol–water partition coefficient (Wildman–Crippen LogP) is 0.595. The highest BCUT2D eigenvalue weighted by Crippen LogP contribution is 1.97. The van der Waals surface area contributed by atoms with Gasteiger partial charge in [-0.15, -0.1) is 0 Å². The molecule has 0 fully saturated rings. The van der Waals surface area contributed by atoms with Gasteiger partial charge in [0.1, 0.15) is 10.8 Å². The van der Waals surface area contributed by atoms with Crippen molar-refractivity contribution in [3.8, 4) is 0 Å². The first-order valence-electron chi connectivity index (χ1n) is 3.39. The molecule has 0 radical (unpaired) electrons. The van der Waals surface area contributed by atoms with Gasteiger partial charge in [0.05, 0.1) is 6.33 Å². The van der Waals surface area contributed by atoms with Crippen LogP contribution in [0.3, 0.4) is 0 Å². The molecule has 0 unspecified atom stereocenters. The molecule has 0 spiro atoms. The molecule has 0 amide bonds. The minimum atomic E-state index is -0.160. The summed E-state index contributed by atoms with van der Waals surface area (Å²) >= 11 is 3.05. The molecule has 0 saturated heterocycles. The molecule has 0 N–H and O–H groups in total. The lowest BCUT2D eigenvalue weighted by atomic mass is 10.4. The predicted molar refractivity (Wildman–Crippen MR) is 46.9 cm³/mol. The highest BCUT2D eigenvalue weighted by molar-refractivity contribution is 9.10. The van der Waals surface area contributed by atoms with Crippen molar-refractivity contribution in [3.63, 3.8) is 0 Å². The Morgan fingerprint density at radius 1 is 1.67 bits per heavy atom. The lowest BCUT2D eigenvalue weighted by molar-refractivity contribution is -0.108. The van der Waals surface area contributed by atoms with Crippen LogP contribution in [0.5, 0.6) is 0 Å². The standard InChI is InChI=1S/C7H7BrN2O2/c8-6-4-9-5-10(7(6)12)2-1-3-11/h3-5H,1-2H2. The number of aryl methyl sites for hydroxylation is 1. The zero-order valence-corrected chi connectivity index (χ0v) is 7.82. The van der Waals surface area contributed by atoms with Crippen LogP contribution in [0.25, 0.3) is 0 Å². The van der Waals surface area contributed by atoms with Crippen LogP contribution >= 0.6 is 15.9 Å². The van der Waals surface area contributed by atoms with Crippen molar-refractivity contribution in [1.82, 2.24) is 9.55 Å². The van der Waals surface area contributed by atoms with Gasteiger partial charge in [-0.25, -0.2) is 4.98 Å². The monoisotopic (exact) mass is 230 g/mol. The first-order valence-corrected chi connectivity index (χ1v) is 4.18. The maximum atomic E-state index is 11.2. The quantitative estimate of drug-likeness (QED) is 0.715.